The van der Waals surface area contributed by atoms with Crippen molar-refractivity contribution in [1.82, 2.24) is 9.88 Å². The van der Waals surface area contributed by atoms with E-state index in [1.165, 1.54) is 16.2 Å². The van der Waals surface area contributed by atoms with Gasteiger partial charge in [0.2, 0.25) is 5.91 Å². The SMILES string of the molecule is C#CCN(C)C(=O)C[C@@H]1c2nc(NC(=O)c3ccc(OC)cc3)sc2C[C@@H]2[C@](C)(CO)[C@H](O)CC[C@]21C. The van der Waals surface area contributed by atoms with Gasteiger partial charge in [-0.2, -0.15) is 0 Å². The first-order valence-corrected chi connectivity index (χ1v) is 13.3. The van der Waals surface area contributed by atoms with Crippen LogP contribution in [0, 0.1) is 29.1 Å². The van der Waals surface area contributed by atoms with Gasteiger partial charge in [-0.15, -0.1) is 17.8 Å². The van der Waals surface area contributed by atoms with Crippen molar-refractivity contribution in [2.45, 2.75) is 51.6 Å². The van der Waals surface area contributed by atoms with Gasteiger partial charge in [0.15, 0.2) is 5.13 Å². The minimum atomic E-state index is -0.715. The molecule has 8 nitrogen and oxygen atoms in total. The molecule has 37 heavy (non-hydrogen) atoms. The number of anilines is 1. The number of carbonyl (C=O) groups excluding carboxylic acids is 2. The van der Waals surface area contributed by atoms with Gasteiger partial charge in [-0.3, -0.25) is 14.9 Å². The standard InChI is InChI=1S/C28H35N3O5S/c1-6-13-31(4)23(34)14-19-24-20(15-21-27(19,2)12-11-22(33)28(21,3)16-32)37-26(29-24)30-25(35)17-7-9-18(36-5)10-8-17/h1,7-10,19,21-22,32-33H,11-16H2,2-5H3,(H,29,30,35)/t19-,21+,22-,27+,28+/m1/s1. The number of nitrogens with zero attached hydrogens (tertiary/aromatic N) is 2. The molecule has 0 spiro atoms. The van der Waals surface area contributed by atoms with Crippen LogP contribution in [-0.4, -0.2) is 65.3 Å². The molecule has 2 aliphatic rings. The molecule has 1 fully saturated rings. The molecule has 0 bridgehead atoms. The molecule has 9 heteroatoms. The molecule has 0 aliphatic heterocycles. The van der Waals surface area contributed by atoms with Crippen LogP contribution in [0.25, 0.3) is 0 Å². The lowest BCUT2D eigenvalue weighted by Gasteiger charge is -2.58. The smallest absolute Gasteiger partial charge is 0.257 e. The zero-order valence-corrected chi connectivity index (χ0v) is 22.6. The van der Waals surface area contributed by atoms with Crippen molar-refractivity contribution in [2.24, 2.45) is 16.7 Å². The highest BCUT2D eigenvalue weighted by molar-refractivity contribution is 7.15. The minimum absolute atomic E-state index is 0.0671. The Morgan fingerprint density at radius 2 is 2.03 bits per heavy atom. The molecule has 2 amide bonds. The number of ether oxygens (including phenoxy) is 1. The van der Waals surface area contributed by atoms with E-state index < -0.39 is 11.5 Å². The van der Waals surface area contributed by atoms with Crippen molar-refractivity contribution >= 4 is 28.3 Å². The van der Waals surface area contributed by atoms with Crippen LogP contribution in [-0.2, 0) is 11.2 Å². The first-order valence-electron chi connectivity index (χ1n) is 12.5. The van der Waals surface area contributed by atoms with E-state index in [0.29, 0.717) is 35.7 Å². The molecule has 1 aromatic carbocycles. The number of amides is 2. The Morgan fingerprint density at radius 1 is 1.32 bits per heavy atom. The van der Waals surface area contributed by atoms with Crippen LogP contribution >= 0.6 is 11.3 Å². The second kappa shape index (κ2) is 10.4. The number of nitrogens with one attached hydrogen (secondary N) is 1. The molecule has 198 valence electrons. The summed E-state index contributed by atoms with van der Waals surface area (Å²) in [5.41, 5.74) is 0.204. The number of rotatable bonds is 7. The third kappa shape index (κ3) is 4.86. The number of fused-ring (bicyclic) bond motifs is 2. The Morgan fingerprint density at radius 3 is 2.65 bits per heavy atom. The number of aliphatic hydroxyl groups excluding tert-OH is 2. The Balaban J connectivity index is 1.70. The van der Waals surface area contributed by atoms with E-state index in [9.17, 15) is 19.8 Å². The number of hydrogen-bond donors (Lipinski definition) is 3. The molecule has 2 aliphatic carbocycles. The Hall–Kier alpha value is -2.93. The zero-order valence-electron chi connectivity index (χ0n) is 21.8. The zero-order chi connectivity index (χ0) is 27.0. The van der Waals surface area contributed by atoms with Gasteiger partial charge in [0.1, 0.15) is 5.75 Å². The van der Waals surface area contributed by atoms with Gasteiger partial charge in [-0.05, 0) is 54.9 Å². The van der Waals surface area contributed by atoms with Crippen LogP contribution in [0.4, 0.5) is 5.13 Å². The van der Waals surface area contributed by atoms with Crippen molar-refractivity contribution < 1.29 is 24.5 Å². The second-order valence-electron chi connectivity index (χ2n) is 10.7. The van der Waals surface area contributed by atoms with E-state index in [1.54, 1.807) is 38.4 Å². The largest absolute Gasteiger partial charge is 0.497 e. The maximum atomic E-state index is 13.2. The Kier molecular flexibility index (Phi) is 7.65. The van der Waals surface area contributed by atoms with Crippen molar-refractivity contribution in [3.05, 3.63) is 40.4 Å². The summed E-state index contributed by atoms with van der Waals surface area (Å²) in [7, 11) is 3.26. The van der Waals surface area contributed by atoms with Crippen molar-refractivity contribution in [3.8, 4) is 18.1 Å². The van der Waals surface area contributed by atoms with Crippen LogP contribution in [0.5, 0.6) is 5.75 Å². The van der Waals surface area contributed by atoms with Crippen LogP contribution in [0.1, 0.15) is 60.0 Å². The lowest BCUT2D eigenvalue weighted by Crippen LogP contribution is -2.57. The van der Waals surface area contributed by atoms with Gasteiger partial charge >= 0.3 is 0 Å². The van der Waals surface area contributed by atoms with E-state index in [0.717, 1.165) is 10.6 Å². The number of methoxy groups -OCH3 is 1. The van der Waals surface area contributed by atoms with E-state index >= 15 is 0 Å². The van der Waals surface area contributed by atoms with Crippen LogP contribution in [0.2, 0.25) is 0 Å². The predicted molar refractivity (Wildman–Crippen MR) is 143 cm³/mol. The lowest BCUT2D eigenvalue weighted by atomic mass is 9.47. The highest BCUT2D eigenvalue weighted by Crippen LogP contribution is 2.62. The molecular weight excluding hydrogens is 490 g/mol. The number of benzene rings is 1. The summed E-state index contributed by atoms with van der Waals surface area (Å²) in [6.45, 7) is 4.14. The van der Waals surface area contributed by atoms with E-state index in [4.69, 9.17) is 16.1 Å². The lowest BCUT2D eigenvalue weighted by molar-refractivity contribution is -0.146. The highest BCUT2D eigenvalue weighted by Gasteiger charge is 2.59. The Labute approximate surface area is 222 Å². The molecule has 0 saturated heterocycles. The van der Waals surface area contributed by atoms with E-state index in [1.807, 2.05) is 6.92 Å². The molecule has 2 aromatic rings. The molecule has 4 rings (SSSR count). The summed E-state index contributed by atoms with van der Waals surface area (Å²) < 4.78 is 5.17. The average Bonchev–Trinajstić information content (AvgIpc) is 3.29. The van der Waals surface area contributed by atoms with Crippen LogP contribution < -0.4 is 10.1 Å². The van der Waals surface area contributed by atoms with Gasteiger partial charge in [0.05, 0.1) is 32.1 Å². The number of aromatic nitrogens is 1. The summed E-state index contributed by atoms with van der Waals surface area (Å²) in [6, 6.07) is 6.83. The van der Waals surface area contributed by atoms with Crippen LogP contribution in [0.3, 0.4) is 0 Å². The molecule has 3 N–H and O–H groups in total. The number of thiazole rings is 1. The topological polar surface area (TPSA) is 112 Å². The molecule has 1 saturated carbocycles. The van der Waals surface area contributed by atoms with Crippen molar-refractivity contribution in [1.29, 1.82) is 0 Å². The van der Waals surface area contributed by atoms with Gasteiger partial charge in [-0.1, -0.05) is 19.8 Å². The first-order chi connectivity index (χ1) is 17.6. The number of terminal acetylenes is 1. The maximum Gasteiger partial charge on any atom is 0.257 e. The van der Waals surface area contributed by atoms with Crippen LogP contribution in [0.15, 0.2) is 24.3 Å². The van der Waals surface area contributed by atoms with Gasteiger partial charge < -0.3 is 19.8 Å². The third-order valence-electron chi connectivity index (χ3n) is 8.60. The summed E-state index contributed by atoms with van der Waals surface area (Å²) in [4.78, 5) is 33.4. The van der Waals surface area contributed by atoms with Crippen molar-refractivity contribution in [2.75, 3.05) is 32.6 Å². The fourth-order valence-electron chi connectivity index (χ4n) is 6.17. The fraction of sp³-hybridized carbons (Fsp3) is 0.536. The maximum absolute atomic E-state index is 13.2. The minimum Gasteiger partial charge on any atom is -0.497 e. The normalized spacial score (nSPS) is 28.4. The second-order valence-corrected chi connectivity index (χ2v) is 11.8. The monoisotopic (exact) mass is 525 g/mol. The van der Waals surface area contributed by atoms with Gasteiger partial charge in [0, 0.05) is 35.2 Å². The molecule has 1 heterocycles. The van der Waals surface area contributed by atoms with Crippen molar-refractivity contribution in [3.63, 3.8) is 0 Å². The number of carbonyl (C=O) groups is 2. The Bertz CT molecular complexity index is 1210. The van der Waals surface area contributed by atoms with E-state index in [-0.39, 0.29) is 48.6 Å². The summed E-state index contributed by atoms with van der Waals surface area (Å²) in [6.07, 6.45) is 6.86. The first kappa shape index (κ1) is 27.1. The summed E-state index contributed by atoms with van der Waals surface area (Å²) >= 11 is 1.39. The fourth-order valence-corrected chi connectivity index (χ4v) is 7.23. The van der Waals surface area contributed by atoms with E-state index in [2.05, 4.69) is 18.2 Å². The van der Waals surface area contributed by atoms with Gasteiger partial charge in [-0.25, -0.2) is 4.98 Å². The summed E-state index contributed by atoms with van der Waals surface area (Å²) in [5.74, 6) is 2.51. The average molecular weight is 526 g/mol. The quantitative estimate of drug-likeness (QED) is 0.479. The number of aliphatic hydroxyl groups is 2. The predicted octanol–water partition coefficient (Wildman–Crippen LogP) is 3.30. The highest BCUT2D eigenvalue weighted by atomic mass is 32.1. The van der Waals surface area contributed by atoms with Gasteiger partial charge in [0.25, 0.3) is 5.91 Å². The molecular formula is C28H35N3O5S. The molecule has 0 unspecified atom stereocenters. The molecule has 1 aromatic heterocycles. The molecule has 5 atom stereocenters. The summed E-state index contributed by atoms with van der Waals surface area (Å²) in [5, 5.41) is 24.7. The number of hydrogen-bond acceptors (Lipinski definition) is 7. The molecule has 0 radical (unpaired) electrons. The third-order valence-corrected chi connectivity index (χ3v) is 9.61.